The van der Waals surface area contributed by atoms with Crippen LogP contribution in [0.4, 0.5) is 11.4 Å². The minimum absolute atomic E-state index is 0.00259. The molecule has 0 bridgehead atoms. The Morgan fingerprint density at radius 2 is 2.35 bits per heavy atom. The molecule has 1 heterocycles. The predicted molar refractivity (Wildman–Crippen MR) is 71.0 cm³/mol. The Hall–Kier alpha value is -2.17. The lowest BCUT2D eigenvalue weighted by atomic mass is 9.72. The minimum atomic E-state index is -0.556. The van der Waals surface area contributed by atoms with Gasteiger partial charge in [-0.05, 0) is 18.6 Å². The summed E-state index contributed by atoms with van der Waals surface area (Å²) in [6.45, 7) is 0.717. The molecule has 1 aliphatic heterocycles. The first-order chi connectivity index (χ1) is 9.61. The van der Waals surface area contributed by atoms with Crippen LogP contribution in [0.1, 0.15) is 12.0 Å². The zero-order valence-electron chi connectivity index (χ0n) is 10.7. The summed E-state index contributed by atoms with van der Waals surface area (Å²) in [4.78, 5) is 10.4. The number of nitro groups is 1. The van der Waals surface area contributed by atoms with Crippen LogP contribution in [0.5, 0.6) is 0 Å². The van der Waals surface area contributed by atoms with E-state index < -0.39 is 4.92 Å². The van der Waals surface area contributed by atoms with E-state index in [0.717, 1.165) is 6.42 Å². The number of hydrogen-bond acceptors (Lipinski definition) is 6. The first-order valence-corrected chi connectivity index (χ1v) is 6.44. The fourth-order valence-electron chi connectivity index (χ4n) is 2.99. The van der Waals surface area contributed by atoms with Gasteiger partial charge in [0.2, 0.25) is 0 Å². The molecule has 3 rings (SSSR count). The third-order valence-corrected chi connectivity index (χ3v) is 4.09. The van der Waals surface area contributed by atoms with Crippen molar-refractivity contribution in [1.29, 1.82) is 5.26 Å². The number of fused-ring (bicyclic) bond motifs is 1. The van der Waals surface area contributed by atoms with Gasteiger partial charge in [-0.15, -0.1) is 0 Å². The first-order valence-electron chi connectivity index (χ1n) is 6.44. The molecule has 7 nitrogen and oxygen atoms in total. The molecule has 1 aromatic rings. The molecular formula is C13H14N4O3. The average molecular weight is 274 g/mol. The van der Waals surface area contributed by atoms with Gasteiger partial charge in [0, 0.05) is 30.3 Å². The molecule has 1 aliphatic carbocycles. The summed E-state index contributed by atoms with van der Waals surface area (Å²) in [7, 11) is 0. The normalized spacial score (nSPS) is 31.0. The molecule has 0 spiro atoms. The third-order valence-electron chi connectivity index (χ3n) is 4.09. The van der Waals surface area contributed by atoms with E-state index in [0.29, 0.717) is 18.2 Å². The Labute approximate surface area is 115 Å². The van der Waals surface area contributed by atoms with Gasteiger partial charge >= 0.3 is 0 Å². The number of nitrogens with two attached hydrogens (primary N) is 1. The standard InChI is InChI=1S/C13H14N4O3/c14-6-7-1-2-8(5-10(7)17(18)19)16-12-11(15)9-3-4-20-13(9)12/h1-2,5,9,11-13,16H,3-4,15H2. The summed E-state index contributed by atoms with van der Waals surface area (Å²) in [6.07, 6.45) is 1.05. The molecule has 7 heteroatoms. The number of nitriles is 1. The number of rotatable bonds is 3. The van der Waals surface area contributed by atoms with E-state index in [-0.39, 0.29) is 29.4 Å². The highest BCUT2D eigenvalue weighted by Crippen LogP contribution is 2.39. The SMILES string of the molecule is N#Cc1ccc(NC2C(N)C3CCOC32)cc1[N+](=O)[O-]. The molecule has 2 aliphatic rings. The lowest BCUT2D eigenvalue weighted by molar-refractivity contribution is -0.385. The van der Waals surface area contributed by atoms with Crippen LogP contribution < -0.4 is 11.1 Å². The van der Waals surface area contributed by atoms with Crippen LogP contribution in [0.15, 0.2) is 18.2 Å². The molecule has 0 amide bonds. The van der Waals surface area contributed by atoms with E-state index in [9.17, 15) is 10.1 Å². The van der Waals surface area contributed by atoms with Crippen LogP contribution in [-0.4, -0.2) is 29.7 Å². The fourth-order valence-corrected chi connectivity index (χ4v) is 2.99. The van der Waals surface area contributed by atoms with E-state index in [4.69, 9.17) is 15.7 Å². The first kappa shape index (κ1) is 12.8. The number of ether oxygens (including phenoxy) is 1. The molecule has 1 aromatic carbocycles. The van der Waals surface area contributed by atoms with Crippen molar-refractivity contribution in [2.75, 3.05) is 11.9 Å². The molecule has 4 atom stereocenters. The van der Waals surface area contributed by atoms with Gasteiger partial charge in [-0.25, -0.2) is 0 Å². The summed E-state index contributed by atoms with van der Waals surface area (Å²) in [6, 6.07) is 6.24. The van der Waals surface area contributed by atoms with Gasteiger partial charge in [-0.2, -0.15) is 5.26 Å². The quantitative estimate of drug-likeness (QED) is 0.627. The Morgan fingerprint density at radius 1 is 1.55 bits per heavy atom. The second-order valence-electron chi connectivity index (χ2n) is 5.14. The summed E-state index contributed by atoms with van der Waals surface area (Å²) in [5.41, 5.74) is 6.52. The van der Waals surface area contributed by atoms with Gasteiger partial charge in [0.15, 0.2) is 0 Å². The molecule has 3 N–H and O–H groups in total. The molecule has 0 aromatic heterocycles. The van der Waals surface area contributed by atoms with E-state index in [1.54, 1.807) is 6.07 Å². The monoisotopic (exact) mass is 274 g/mol. The topological polar surface area (TPSA) is 114 Å². The van der Waals surface area contributed by atoms with Crippen LogP contribution in [0.25, 0.3) is 0 Å². The van der Waals surface area contributed by atoms with Crippen LogP contribution >= 0.6 is 0 Å². The highest BCUT2D eigenvalue weighted by molar-refractivity contribution is 5.60. The molecule has 2 fully saturated rings. The number of nitrogens with one attached hydrogen (secondary N) is 1. The number of benzene rings is 1. The van der Waals surface area contributed by atoms with Crippen molar-refractivity contribution in [2.45, 2.75) is 24.6 Å². The van der Waals surface area contributed by atoms with Crippen molar-refractivity contribution in [3.05, 3.63) is 33.9 Å². The van der Waals surface area contributed by atoms with Gasteiger partial charge in [0.1, 0.15) is 11.6 Å². The molecule has 1 saturated heterocycles. The van der Waals surface area contributed by atoms with Crippen molar-refractivity contribution in [3.63, 3.8) is 0 Å². The molecule has 20 heavy (non-hydrogen) atoms. The molecule has 1 saturated carbocycles. The fraction of sp³-hybridized carbons (Fsp3) is 0.462. The lowest BCUT2D eigenvalue weighted by Gasteiger charge is -2.46. The Kier molecular flexibility index (Phi) is 3.04. The number of nitrogens with zero attached hydrogens (tertiary/aromatic N) is 2. The predicted octanol–water partition coefficient (Wildman–Crippen LogP) is 0.993. The van der Waals surface area contributed by atoms with Crippen LogP contribution in [0.2, 0.25) is 0 Å². The van der Waals surface area contributed by atoms with Crippen molar-refractivity contribution in [2.24, 2.45) is 11.7 Å². The maximum absolute atomic E-state index is 10.9. The highest BCUT2D eigenvalue weighted by atomic mass is 16.6. The summed E-state index contributed by atoms with van der Waals surface area (Å²) >= 11 is 0. The van der Waals surface area contributed by atoms with Crippen LogP contribution in [0, 0.1) is 27.4 Å². The van der Waals surface area contributed by atoms with Crippen molar-refractivity contribution < 1.29 is 9.66 Å². The smallest absolute Gasteiger partial charge is 0.289 e. The number of nitro benzene ring substituents is 1. The van der Waals surface area contributed by atoms with Gasteiger partial charge in [0.05, 0.1) is 17.1 Å². The molecular weight excluding hydrogens is 260 g/mol. The lowest BCUT2D eigenvalue weighted by Crippen LogP contribution is -2.65. The second kappa shape index (κ2) is 4.74. The highest BCUT2D eigenvalue weighted by Gasteiger charge is 2.52. The minimum Gasteiger partial charge on any atom is -0.378 e. The third kappa shape index (κ3) is 1.90. The van der Waals surface area contributed by atoms with Crippen molar-refractivity contribution >= 4 is 11.4 Å². The van der Waals surface area contributed by atoms with Gasteiger partial charge in [0.25, 0.3) is 5.69 Å². The average Bonchev–Trinajstić information content (AvgIpc) is 2.89. The van der Waals surface area contributed by atoms with E-state index in [1.807, 2.05) is 6.07 Å². The number of hydrogen-bond donors (Lipinski definition) is 2. The summed E-state index contributed by atoms with van der Waals surface area (Å²) < 4.78 is 5.60. The molecule has 4 unspecified atom stereocenters. The van der Waals surface area contributed by atoms with E-state index in [1.165, 1.54) is 12.1 Å². The van der Waals surface area contributed by atoms with Gasteiger partial charge < -0.3 is 15.8 Å². The van der Waals surface area contributed by atoms with Gasteiger partial charge in [-0.1, -0.05) is 0 Å². The zero-order valence-corrected chi connectivity index (χ0v) is 10.7. The molecule has 104 valence electrons. The number of anilines is 1. The van der Waals surface area contributed by atoms with E-state index in [2.05, 4.69) is 5.32 Å². The van der Waals surface area contributed by atoms with Crippen LogP contribution in [-0.2, 0) is 4.74 Å². The van der Waals surface area contributed by atoms with Gasteiger partial charge in [-0.3, -0.25) is 10.1 Å². The Morgan fingerprint density at radius 3 is 3.05 bits per heavy atom. The maximum atomic E-state index is 10.9. The van der Waals surface area contributed by atoms with Crippen LogP contribution in [0.3, 0.4) is 0 Å². The summed E-state index contributed by atoms with van der Waals surface area (Å²) in [5, 5.41) is 23.0. The maximum Gasteiger partial charge on any atom is 0.289 e. The van der Waals surface area contributed by atoms with Crippen molar-refractivity contribution in [3.8, 4) is 6.07 Å². The largest absolute Gasteiger partial charge is 0.378 e. The van der Waals surface area contributed by atoms with E-state index >= 15 is 0 Å². The second-order valence-corrected chi connectivity index (χ2v) is 5.14. The Bertz CT molecular complexity index is 598. The van der Waals surface area contributed by atoms with Crippen molar-refractivity contribution in [1.82, 2.24) is 0 Å². The molecule has 0 radical (unpaired) electrons. The zero-order chi connectivity index (χ0) is 14.3. The summed E-state index contributed by atoms with van der Waals surface area (Å²) in [5.74, 6) is 0.376. The Balaban J connectivity index is 1.80.